The van der Waals surface area contributed by atoms with Crippen molar-refractivity contribution >= 4 is 0 Å². The summed E-state index contributed by atoms with van der Waals surface area (Å²) in [4.78, 5) is 0. The number of rotatable bonds is 2. The Kier molecular flexibility index (Phi) is 5.05. The van der Waals surface area contributed by atoms with E-state index in [-0.39, 0.29) is 0 Å². The maximum atomic E-state index is 13.8. The van der Waals surface area contributed by atoms with Crippen molar-refractivity contribution in [1.82, 2.24) is 0 Å². The van der Waals surface area contributed by atoms with Gasteiger partial charge in [-0.2, -0.15) is 79.0 Å². The van der Waals surface area contributed by atoms with E-state index in [1.807, 2.05) is 0 Å². The Hall–Kier alpha value is -1.40. The number of hydrogen-bond donors (Lipinski definition) is 0. The summed E-state index contributed by atoms with van der Waals surface area (Å²) in [6.07, 6.45) is -16.3. The molecule has 1 aliphatic carbocycles. The monoisotopic (exact) mass is 500 g/mol. The van der Waals surface area contributed by atoms with Gasteiger partial charge < -0.3 is 0 Å². The van der Waals surface area contributed by atoms with Gasteiger partial charge in [-0.3, -0.25) is 0 Å². The third-order valence-corrected chi connectivity index (χ3v) is 4.10. The third kappa shape index (κ3) is 2.22. The second-order valence-corrected chi connectivity index (χ2v) is 5.76. The summed E-state index contributed by atoms with van der Waals surface area (Å²) in [6, 6.07) is 0. The standard InChI is InChI=1S/C10F20/c11-1(7(21,22)9(25,26)27)3(13,14)5(17,18)2(12,6(19,20)4(1,15)16)8(23,24)10(28,29)30. The molecule has 0 nitrogen and oxygen atoms in total. The lowest BCUT2D eigenvalue weighted by Gasteiger charge is -2.57. The first kappa shape index (κ1) is 26.6. The minimum absolute atomic E-state index is 8.16. The van der Waals surface area contributed by atoms with Crippen LogP contribution in [0.2, 0.25) is 0 Å². The lowest BCUT2D eigenvalue weighted by molar-refractivity contribution is -0.531. The molecule has 180 valence electrons. The van der Waals surface area contributed by atoms with Crippen LogP contribution in [0.5, 0.6) is 0 Å². The molecule has 0 aliphatic heterocycles. The van der Waals surface area contributed by atoms with Gasteiger partial charge in [0.05, 0.1) is 0 Å². The molecule has 0 amide bonds. The molecule has 0 aromatic heterocycles. The molecule has 1 rings (SSSR count). The second-order valence-electron chi connectivity index (χ2n) is 5.76. The molecule has 0 aromatic rings. The Labute approximate surface area is 148 Å². The molecule has 0 spiro atoms. The highest BCUT2D eigenvalue weighted by Gasteiger charge is 3.10. The highest BCUT2D eigenvalue weighted by molar-refractivity contribution is 5.36. The van der Waals surface area contributed by atoms with E-state index in [9.17, 15) is 87.8 Å². The van der Waals surface area contributed by atoms with Crippen LogP contribution < -0.4 is 0 Å². The highest BCUT2D eigenvalue weighted by atomic mass is 19.4. The molecule has 0 N–H and O–H groups in total. The Balaban J connectivity index is 4.28. The highest BCUT2D eigenvalue weighted by Crippen LogP contribution is 2.76. The van der Waals surface area contributed by atoms with Gasteiger partial charge in [-0.05, 0) is 0 Å². The number of hydrogen-bond acceptors (Lipinski definition) is 0. The average Bonchev–Trinajstić information content (AvgIpc) is 2.48. The molecule has 1 saturated carbocycles. The second kappa shape index (κ2) is 5.69. The Morgan fingerprint density at radius 1 is 0.300 bits per heavy atom. The summed E-state index contributed by atoms with van der Waals surface area (Å²) in [6.45, 7) is 0. The van der Waals surface area contributed by atoms with Gasteiger partial charge in [0.2, 0.25) is 0 Å². The van der Waals surface area contributed by atoms with Crippen molar-refractivity contribution in [3.63, 3.8) is 0 Å². The van der Waals surface area contributed by atoms with Crippen molar-refractivity contribution in [2.24, 2.45) is 0 Å². The van der Waals surface area contributed by atoms with E-state index in [0.717, 1.165) is 0 Å². The van der Waals surface area contributed by atoms with Crippen LogP contribution >= 0.6 is 0 Å². The average molecular weight is 500 g/mol. The zero-order valence-corrected chi connectivity index (χ0v) is 12.6. The van der Waals surface area contributed by atoms with Gasteiger partial charge in [-0.1, -0.05) is 0 Å². The molecule has 1 aliphatic rings. The van der Waals surface area contributed by atoms with Crippen LogP contribution in [0.1, 0.15) is 0 Å². The van der Waals surface area contributed by atoms with Crippen molar-refractivity contribution in [2.45, 2.75) is 59.2 Å². The van der Waals surface area contributed by atoms with Crippen LogP contribution in [0.3, 0.4) is 0 Å². The fraction of sp³-hybridized carbons (Fsp3) is 1.00. The van der Waals surface area contributed by atoms with Crippen molar-refractivity contribution in [3.05, 3.63) is 0 Å². The fourth-order valence-corrected chi connectivity index (χ4v) is 2.44. The van der Waals surface area contributed by atoms with Crippen LogP contribution in [0.4, 0.5) is 87.8 Å². The largest absolute Gasteiger partial charge is 0.457 e. The van der Waals surface area contributed by atoms with Crippen molar-refractivity contribution in [2.75, 3.05) is 0 Å². The molecular formula is C10F20. The number of halogens is 20. The van der Waals surface area contributed by atoms with Crippen molar-refractivity contribution in [1.29, 1.82) is 0 Å². The van der Waals surface area contributed by atoms with Crippen LogP contribution in [0, 0.1) is 0 Å². The summed E-state index contributed by atoms with van der Waals surface area (Å²) < 4.78 is 260. The van der Waals surface area contributed by atoms with E-state index in [0.29, 0.717) is 0 Å². The summed E-state index contributed by atoms with van der Waals surface area (Å²) in [5.74, 6) is -53.1. The Morgan fingerprint density at radius 2 is 0.433 bits per heavy atom. The fourth-order valence-electron chi connectivity index (χ4n) is 2.44. The third-order valence-electron chi connectivity index (χ3n) is 4.10. The normalized spacial score (nSPS) is 34.0. The van der Waals surface area contributed by atoms with E-state index >= 15 is 0 Å². The molecule has 0 radical (unpaired) electrons. The van der Waals surface area contributed by atoms with Gasteiger partial charge in [0.1, 0.15) is 0 Å². The molecule has 0 heterocycles. The van der Waals surface area contributed by atoms with E-state index in [1.165, 1.54) is 0 Å². The van der Waals surface area contributed by atoms with Gasteiger partial charge in [-0.15, -0.1) is 0 Å². The lowest BCUT2D eigenvalue weighted by atomic mass is 9.62. The summed E-state index contributed by atoms with van der Waals surface area (Å²) in [5.41, 5.74) is -17.9. The molecule has 30 heavy (non-hydrogen) atoms. The molecule has 0 aromatic carbocycles. The number of alkyl halides is 20. The van der Waals surface area contributed by atoms with Crippen LogP contribution in [-0.2, 0) is 0 Å². The molecule has 0 bridgehead atoms. The Morgan fingerprint density at radius 3 is 0.533 bits per heavy atom. The van der Waals surface area contributed by atoms with E-state index in [4.69, 9.17) is 0 Å². The predicted octanol–water partition coefficient (Wildman–Crippen LogP) is 6.35. The topological polar surface area (TPSA) is 0 Å². The van der Waals surface area contributed by atoms with Gasteiger partial charge >= 0.3 is 59.2 Å². The van der Waals surface area contributed by atoms with Crippen molar-refractivity contribution < 1.29 is 87.8 Å². The molecule has 20 heteroatoms. The Bertz CT molecular complexity index is 601. The van der Waals surface area contributed by atoms with Crippen LogP contribution in [0.25, 0.3) is 0 Å². The van der Waals surface area contributed by atoms with Crippen LogP contribution in [0.15, 0.2) is 0 Å². The van der Waals surface area contributed by atoms with E-state index in [2.05, 4.69) is 0 Å². The zero-order chi connectivity index (χ0) is 25.0. The van der Waals surface area contributed by atoms with Gasteiger partial charge in [0.25, 0.3) is 0 Å². The maximum absolute atomic E-state index is 13.8. The molecule has 0 atom stereocenters. The van der Waals surface area contributed by atoms with E-state index < -0.39 is 59.2 Å². The van der Waals surface area contributed by atoms with E-state index in [1.54, 1.807) is 0 Å². The quantitative estimate of drug-likeness (QED) is 0.388. The molecule has 0 unspecified atom stereocenters. The molecular weight excluding hydrogens is 500 g/mol. The van der Waals surface area contributed by atoms with Gasteiger partial charge in [-0.25, -0.2) is 8.78 Å². The minimum atomic E-state index is -8.95. The van der Waals surface area contributed by atoms with Crippen LogP contribution in [-0.4, -0.2) is 59.2 Å². The zero-order valence-electron chi connectivity index (χ0n) is 12.6. The predicted molar refractivity (Wildman–Crippen MR) is 49.5 cm³/mol. The smallest absolute Gasteiger partial charge is 0.223 e. The summed E-state index contributed by atoms with van der Waals surface area (Å²) in [5, 5.41) is 0. The lowest BCUT2D eigenvalue weighted by Crippen LogP contribution is -2.92. The minimum Gasteiger partial charge on any atom is -0.223 e. The summed E-state index contributed by atoms with van der Waals surface area (Å²) >= 11 is 0. The summed E-state index contributed by atoms with van der Waals surface area (Å²) in [7, 11) is 0. The first-order chi connectivity index (χ1) is 12.5. The maximum Gasteiger partial charge on any atom is 0.457 e. The van der Waals surface area contributed by atoms with Gasteiger partial charge in [0, 0.05) is 0 Å². The molecule has 1 fully saturated rings. The SMILES string of the molecule is FC(F)(F)C(F)(F)C1(F)C(F)(F)C(F)(F)C(F)(C(F)(F)C(F)(F)F)C(F)(F)C1(F)F. The molecule has 0 saturated heterocycles. The van der Waals surface area contributed by atoms with Gasteiger partial charge in [0.15, 0.2) is 0 Å². The first-order valence-corrected chi connectivity index (χ1v) is 6.28. The first-order valence-electron chi connectivity index (χ1n) is 6.28. The van der Waals surface area contributed by atoms with Crippen molar-refractivity contribution in [3.8, 4) is 0 Å².